The number of allylic oxidation sites excluding steroid dienone is 1. The number of carbonyl (C=O) groups is 2. The van der Waals surface area contributed by atoms with Crippen molar-refractivity contribution in [2.45, 2.75) is 25.8 Å². The van der Waals surface area contributed by atoms with Gasteiger partial charge in [-0.05, 0) is 30.2 Å². The predicted molar refractivity (Wildman–Crippen MR) is 106 cm³/mol. The van der Waals surface area contributed by atoms with Crippen molar-refractivity contribution in [1.29, 1.82) is 0 Å². The number of benzene rings is 1. The van der Waals surface area contributed by atoms with Gasteiger partial charge in [0.1, 0.15) is 10.9 Å². The first-order chi connectivity index (χ1) is 12.9. The van der Waals surface area contributed by atoms with Crippen molar-refractivity contribution in [1.82, 2.24) is 10.3 Å². The number of anilines is 1. The Balaban J connectivity index is 1.36. The largest absolute Gasteiger partial charge is 0.478 e. The van der Waals surface area contributed by atoms with Gasteiger partial charge in [-0.1, -0.05) is 29.9 Å². The van der Waals surface area contributed by atoms with Crippen LogP contribution in [0.15, 0.2) is 33.9 Å². The molecule has 0 saturated carbocycles. The molecule has 0 bridgehead atoms. The molecule has 1 fully saturated rings. The molecule has 0 radical (unpaired) electrons. The van der Waals surface area contributed by atoms with E-state index in [1.165, 1.54) is 11.3 Å². The lowest BCUT2D eigenvalue weighted by Crippen LogP contribution is -2.60. The highest BCUT2D eigenvalue weighted by atomic mass is 35.5. The van der Waals surface area contributed by atoms with Gasteiger partial charge < -0.3 is 15.3 Å². The molecule has 4 rings (SSSR count). The summed E-state index contributed by atoms with van der Waals surface area (Å²) in [5, 5.41) is 13.3. The van der Waals surface area contributed by atoms with E-state index in [0.717, 1.165) is 27.3 Å². The number of aromatic nitrogens is 1. The van der Waals surface area contributed by atoms with Crippen molar-refractivity contribution in [3.63, 3.8) is 0 Å². The summed E-state index contributed by atoms with van der Waals surface area (Å²) in [6.45, 7) is 3.31. The molecule has 2 N–H and O–H groups in total. The van der Waals surface area contributed by atoms with Crippen molar-refractivity contribution in [3.8, 4) is 0 Å². The third-order valence-electron chi connectivity index (χ3n) is 4.71. The molecule has 7 nitrogen and oxygen atoms in total. The van der Waals surface area contributed by atoms with Gasteiger partial charge in [-0.2, -0.15) is 0 Å². The van der Waals surface area contributed by atoms with Crippen LogP contribution in [0, 0.1) is 0 Å². The third-order valence-corrected chi connectivity index (χ3v) is 6.14. The zero-order valence-electron chi connectivity index (χ0n) is 14.5. The van der Waals surface area contributed by atoms with Crippen LogP contribution in [0.25, 0.3) is 10.2 Å². The highest BCUT2D eigenvalue weighted by Gasteiger charge is 2.32. The first-order valence-electron chi connectivity index (χ1n) is 8.59. The van der Waals surface area contributed by atoms with Crippen molar-refractivity contribution in [2.24, 2.45) is 4.99 Å². The van der Waals surface area contributed by atoms with E-state index in [9.17, 15) is 9.59 Å². The van der Waals surface area contributed by atoms with Gasteiger partial charge in [0.05, 0.1) is 21.8 Å². The fraction of sp³-hybridized carbons (Fsp3) is 0.333. The van der Waals surface area contributed by atoms with Crippen LogP contribution in [0.4, 0.5) is 5.13 Å². The standard InChI is InChI=1S/C18H17ClN4O3S/c1-2-9-5-13(21-15(9)19)16(24)20-11-7-23(8-11)18-22-12-4-3-10(17(25)26)6-14(12)27-18/h3-4,6,11H,2,5,7-8H2,1H3,(H,20,24)(H,25,26). The number of rotatable bonds is 5. The molecule has 1 aromatic heterocycles. The van der Waals surface area contributed by atoms with Gasteiger partial charge in [0, 0.05) is 19.5 Å². The Morgan fingerprint density at radius 3 is 2.85 bits per heavy atom. The summed E-state index contributed by atoms with van der Waals surface area (Å²) in [5.74, 6) is -1.12. The molecule has 1 saturated heterocycles. The number of halogens is 1. The number of nitrogens with zero attached hydrogens (tertiary/aromatic N) is 3. The normalized spacial score (nSPS) is 17.3. The first kappa shape index (κ1) is 17.9. The smallest absolute Gasteiger partial charge is 0.335 e. The minimum atomic E-state index is -0.950. The molecule has 1 aromatic carbocycles. The number of aliphatic imine (C=N–C) groups is 1. The molecule has 9 heteroatoms. The zero-order valence-corrected chi connectivity index (χ0v) is 16.1. The Morgan fingerprint density at radius 2 is 2.19 bits per heavy atom. The third kappa shape index (κ3) is 3.42. The fourth-order valence-corrected chi connectivity index (χ4v) is 4.42. The minimum Gasteiger partial charge on any atom is -0.478 e. The van der Waals surface area contributed by atoms with Gasteiger partial charge in [0.15, 0.2) is 5.13 Å². The SMILES string of the molecule is CCC1=C(Cl)N=C(C(=O)NC2CN(c3nc4ccc(C(=O)O)cc4s3)C2)C1. The minimum absolute atomic E-state index is 0.0336. The van der Waals surface area contributed by atoms with Crippen LogP contribution >= 0.6 is 22.9 Å². The zero-order chi connectivity index (χ0) is 19.1. The van der Waals surface area contributed by atoms with E-state index in [4.69, 9.17) is 16.7 Å². The Kier molecular flexibility index (Phi) is 4.61. The maximum Gasteiger partial charge on any atom is 0.335 e. The summed E-state index contributed by atoms with van der Waals surface area (Å²) in [5.41, 5.74) is 2.49. The highest BCUT2D eigenvalue weighted by Crippen LogP contribution is 2.32. The van der Waals surface area contributed by atoms with E-state index in [1.807, 2.05) is 6.92 Å². The number of carboxylic acids is 1. The molecule has 0 unspecified atom stereocenters. The Hall–Kier alpha value is -2.45. The molecule has 0 spiro atoms. The number of nitrogens with one attached hydrogen (secondary N) is 1. The van der Waals surface area contributed by atoms with Crippen molar-refractivity contribution < 1.29 is 14.7 Å². The number of hydrogen-bond acceptors (Lipinski definition) is 6. The van der Waals surface area contributed by atoms with Crippen molar-refractivity contribution in [3.05, 3.63) is 34.5 Å². The second-order valence-corrected chi connectivity index (χ2v) is 7.91. The summed E-state index contributed by atoms with van der Waals surface area (Å²) in [4.78, 5) is 34.2. The average molecular weight is 405 g/mol. The van der Waals surface area contributed by atoms with E-state index in [2.05, 4.69) is 20.2 Å². The Morgan fingerprint density at radius 1 is 1.41 bits per heavy atom. The van der Waals surface area contributed by atoms with Crippen molar-refractivity contribution in [2.75, 3.05) is 18.0 Å². The summed E-state index contributed by atoms with van der Waals surface area (Å²) in [6, 6.07) is 4.95. The maximum atomic E-state index is 12.3. The lowest BCUT2D eigenvalue weighted by molar-refractivity contribution is -0.115. The number of aromatic carboxylic acids is 1. The number of amides is 1. The summed E-state index contributed by atoms with van der Waals surface area (Å²) in [6.07, 6.45) is 1.30. The highest BCUT2D eigenvalue weighted by molar-refractivity contribution is 7.22. The van der Waals surface area contributed by atoms with Crippen LogP contribution in [-0.4, -0.2) is 46.8 Å². The number of hydrogen-bond donors (Lipinski definition) is 2. The van der Waals surface area contributed by atoms with Crippen molar-refractivity contribution >= 4 is 55.9 Å². The molecule has 2 aliphatic rings. The van der Waals surface area contributed by atoms with E-state index < -0.39 is 5.97 Å². The maximum absolute atomic E-state index is 12.3. The monoisotopic (exact) mass is 404 g/mol. The van der Waals surface area contributed by atoms with Gasteiger partial charge in [-0.15, -0.1) is 0 Å². The molecule has 3 heterocycles. The fourth-order valence-electron chi connectivity index (χ4n) is 3.09. The van der Waals surface area contributed by atoms with E-state index in [-0.39, 0.29) is 17.5 Å². The second kappa shape index (κ2) is 6.94. The predicted octanol–water partition coefficient (Wildman–Crippen LogP) is 3.00. The summed E-state index contributed by atoms with van der Waals surface area (Å²) >= 11 is 7.49. The van der Waals surface area contributed by atoms with Crippen LogP contribution in [0.5, 0.6) is 0 Å². The van der Waals surface area contributed by atoms with E-state index in [0.29, 0.717) is 30.4 Å². The van der Waals surface area contributed by atoms with E-state index >= 15 is 0 Å². The molecule has 0 atom stereocenters. The molecule has 2 aromatic rings. The van der Waals surface area contributed by atoms with Gasteiger partial charge in [0.2, 0.25) is 0 Å². The molecule has 2 aliphatic heterocycles. The van der Waals surface area contributed by atoms with Gasteiger partial charge in [-0.25, -0.2) is 14.8 Å². The molecular formula is C18H17ClN4O3S. The molecule has 27 heavy (non-hydrogen) atoms. The molecule has 1 amide bonds. The second-order valence-electron chi connectivity index (χ2n) is 6.54. The number of carboxylic acid groups (broad SMARTS) is 1. The topological polar surface area (TPSA) is 94.9 Å². The number of thiazole rings is 1. The van der Waals surface area contributed by atoms with Crippen LogP contribution in [0.2, 0.25) is 0 Å². The van der Waals surface area contributed by atoms with Crippen LogP contribution < -0.4 is 10.2 Å². The number of carbonyl (C=O) groups excluding carboxylic acids is 1. The quantitative estimate of drug-likeness (QED) is 0.747. The average Bonchev–Trinajstić information content (AvgIpc) is 3.19. The Labute approximate surface area is 164 Å². The van der Waals surface area contributed by atoms with Crippen LogP contribution in [-0.2, 0) is 4.79 Å². The first-order valence-corrected chi connectivity index (χ1v) is 9.79. The molecule has 140 valence electrons. The molecule has 0 aliphatic carbocycles. The lowest BCUT2D eigenvalue weighted by atomic mass is 10.1. The Bertz CT molecular complexity index is 1010. The van der Waals surface area contributed by atoms with Gasteiger partial charge >= 0.3 is 5.97 Å². The summed E-state index contributed by atoms with van der Waals surface area (Å²) < 4.78 is 0.838. The lowest BCUT2D eigenvalue weighted by Gasteiger charge is -2.39. The number of fused-ring (bicyclic) bond motifs is 1. The van der Waals surface area contributed by atoms with E-state index in [1.54, 1.807) is 18.2 Å². The van der Waals surface area contributed by atoms with Gasteiger partial charge in [-0.3, -0.25) is 4.79 Å². The molecular weight excluding hydrogens is 388 g/mol. The van der Waals surface area contributed by atoms with Gasteiger partial charge in [0.25, 0.3) is 5.91 Å². The van der Waals surface area contributed by atoms with Crippen LogP contribution in [0.3, 0.4) is 0 Å². The summed E-state index contributed by atoms with van der Waals surface area (Å²) in [7, 11) is 0. The van der Waals surface area contributed by atoms with Crippen LogP contribution in [0.1, 0.15) is 30.1 Å².